The van der Waals surface area contributed by atoms with Gasteiger partial charge in [0.2, 0.25) is 11.8 Å². The van der Waals surface area contributed by atoms with Crippen LogP contribution < -0.4 is 0 Å². The van der Waals surface area contributed by atoms with Crippen LogP contribution in [-0.4, -0.2) is 40.7 Å². The molecule has 1 aromatic carbocycles. The normalized spacial score (nSPS) is 17.2. The average molecular weight is 339 g/mol. The second kappa shape index (κ2) is 7.59. The predicted molar refractivity (Wildman–Crippen MR) is 87.4 cm³/mol. The fourth-order valence-corrected chi connectivity index (χ4v) is 2.99. The number of benzene rings is 1. The maximum absolute atomic E-state index is 14.0. The van der Waals surface area contributed by atoms with Gasteiger partial charge in [-0.25, -0.2) is 4.39 Å². The summed E-state index contributed by atoms with van der Waals surface area (Å²) < 4.78 is 14.0. The molecule has 1 aliphatic rings. The Hall–Kier alpha value is -1.88. The Labute approximate surface area is 140 Å². The van der Waals surface area contributed by atoms with E-state index in [0.29, 0.717) is 36.5 Å². The highest BCUT2D eigenvalue weighted by molar-refractivity contribution is 6.30. The molecule has 23 heavy (non-hydrogen) atoms. The Bertz CT molecular complexity index is 621. The van der Waals surface area contributed by atoms with Gasteiger partial charge in [0.25, 0.3) is 0 Å². The van der Waals surface area contributed by atoms with Crippen molar-refractivity contribution in [2.45, 2.75) is 32.4 Å². The molecule has 0 N–H and O–H groups in total. The van der Waals surface area contributed by atoms with Crippen LogP contribution in [0.3, 0.4) is 0 Å². The maximum Gasteiger partial charge on any atom is 0.246 e. The molecule has 2 amide bonds. The monoisotopic (exact) mass is 338 g/mol. The van der Waals surface area contributed by atoms with E-state index in [2.05, 4.69) is 6.58 Å². The molecule has 0 saturated carbocycles. The number of hydrogen-bond acceptors (Lipinski definition) is 2. The largest absolute Gasteiger partial charge is 0.341 e. The third-order valence-corrected chi connectivity index (χ3v) is 4.30. The van der Waals surface area contributed by atoms with Gasteiger partial charge in [0.05, 0.1) is 6.04 Å². The third-order valence-electron chi connectivity index (χ3n) is 4.07. The van der Waals surface area contributed by atoms with E-state index in [9.17, 15) is 14.0 Å². The predicted octanol–water partition coefficient (Wildman–Crippen LogP) is 3.00. The topological polar surface area (TPSA) is 40.6 Å². The van der Waals surface area contributed by atoms with E-state index in [1.165, 1.54) is 24.3 Å². The molecule has 2 rings (SSSR count). The van der Waals surface area contributed by atoms with E-state index < -0.39 is 5.82 Å². The minimum absolute atomic E-state index is 0.0624. The molecular weight excluding hydrogens is 319 g/mol. The number of halogens is 2. The molecule has 1 aliphatic heterocycles. The van der Waals surface area contributed by atoms with Gasteiger partial charge in [-0.3, -0.25) is 9.59 Å². The Balaban J connectivity index is 2.18. The molecule has 1 aromatic rings. The summed E-state index contributed by atoms with van der Waals surface area (Å²) in [5.41, 5.74) is 0.355. The van der Waals surface area contributed by atoms with E-state index in [1.807, 2.05) is 6.92 Å². The number of amides is 2. The number of rotatable bonds is 5. The molecule has 1 saturated heterocycles. The van der Waals surface area contributed by atoms with E-state index in [4.69, 9.17) is 11.6 Å². The van der Waals surface area contributed by atoms with Gasteiger partial charge in [-0.1, -0.05) is 25.1 Å². The molecule has 0 radical (unpaired) electrons. The van der Waals surface area contributed by atoms with Crippen molar-refractivity contribution >= 4 is 23.4 Å². The van der Waals surface area contributed by atoms with Crippen LogP contribution in [0.25, 0.3) is 0 Å². The molecule has 4 nitrogen and oxygen atoms in total. The van der Waals surface area contributed by atoms with Crippen LogP contribution in [0.4, 0.5) is 4.39 Å². The second-order valence-corrected chi connectivity index (χ2v) is 5.98. The molecule has 0 spiro atoms. The highest BCUT2D eigenvalue weighted by Gasteiger charge is 2.32. The zero-order valence-electron chi connectivity index (χ0n) is 13.1. The summed E-state index contributed by atoms with van der Waals surface area (Å²) in [6.07, 6.45) is 2.32. The van der Waals surface area contributed by atoms with Gasteiger partial charge in [-0.15, -0.1) is 0 Å². The van der Waals surface area contributed by atoms with Crippen LogP contribution >= 0.6 is 11.6 Å². The van der Waals surface area contributed by atoms with E-state index in [-0.39, 0.29) is 24.4 Å². The standard InChI is InChI=1S/C17H20ClFN2O2/c1-3-16(22)20-8-7-14(11-20)21(17(23)4-2)10-12-9-13(18)5-6-15(12)19/h4-6,9,14H,2-3,7-8,10-11H2,1H3. The fraction of sp³-hybridized carbons (Fsp3) is 0.412. The van der Waals surface area contributed by atoms with E-state index in [0.717, 1.165) is 0 Å². The maximum atomic E-state index is 14.0. The SMILES string of the molecule is C=CC(=O)N(Cc1cc(Cl)ccc1F)C1CCN(C(=O)CC)C1. The van der Waals surface area contributed by atoms with Crippen molar-refractivity contribution < 1.29 is 14.0 Å². The molecule has 6 heteroatoms. The number of hydrogen-bond donors (Lipinski definition) is 0. The zero-order chi connectivity index (χ0) is 17.0. The minimum Gasteiger partial charge on any atom is -0.341 e. The van der Waals surface area contributed by atoms with Crippen molar-refractivity contribution in [1.82, 2.24) is 9.80 Å². The third kappa shape index (κ3) is 4.10. The summed E-state index contributed by atoms with van der Waals surface area (Å²) >= 11 is 5.91. The van der Waals surface area contributed by atoms with Crippen molar-refractivity contribution in [1.29, 1.82) is 0 Å². The van der Waals surface area contributed by atoms with Gasteiger partial charge in [-0.05, 0) is 30.7 Å². The van der Waals surface area contributed by atoms with Gasteiger partial charge >= 0.3 is 0 Å². The van der Waals surface area contributed by atoms with Gasteiger partial charge in [0, 0.05) is 36.6 Å². The molecule has 1 unspecified atom stereocenters. The average Bonchev–Trinajstić information content (AvgIpc) is 3.03. The summed E-state index contributed by atoms with van der Waals surface area (Å²) in [5, 5.41) is 0.418. The van der Waals surface area contributed by atoms with Gasteiger partial charge in [0.1, 0.15) is 5.82 Å². The fourth-order valence-electron chi connectivity index (χ4n) is 2.80. The lowest BCUT2D eigenvalue weighted by Crippen LogP contribution is -2.41. The van der Waals surface area contributed by atoms with Crippen molar-refractivity contribution in [3.8, 4) is 0 Å². The molecular formula is C17H20ClFN2O2. The lowest BCUT2D eigenvalue weighted by Gasteiger charge is -2.28. The minimum atomic E-state index is -0.407. The second-order valence-electron chi connectivity index (χ2n) is 5.54. The first-order valence-corrected chi connectivity index (χ1v) is 7.98. The molecule has 0 aromatic heterocycles. The summed E-state index contributed by atoms with van der Waals surface area (Å²) in [6, 6.07) is 4.13. The highest BCUT2D eigenvalue weighted by Crippen LogP contribution is 2.22. The van der Waals surface area contributed by atoms with E-state index in [1.54, 1.807) is 9.80 Å². The quantitative estimate of drug-likeness (QED) is 0.774. The van der Waals surface area contributed by atoms with Crippen molar-refractivity contribution in [3.05, 3.63) is 47.3 Å². The first kappa shape index (κ1) is 17.5. The zero-order valence-corrected chi connectivity index (χ0v) is 13.9. The Kier molecular flexibility index (Phi) is 5.77. The van der Waals surface area contributed by atoms with Crippen molar-refractivity contribution in [2.24, 2.45) is 0 Å². The molecule has 1 atom stereocenters. The van der Waals surface area contributed by atoms with Crippen LogP contribution in [0.1, 0.15) is 25.3 Å². The molecule has 0 aliphatic carbocycles. The Morgan fingerprint density at radius 2 is 2.26 bits per heavy atom. The molecule has 1 fully saturated rings. The van der Waals surface area contributed by atoms with Crippen molar-refractivity contribution in [3.63, 3.8) is 0 Å². The van der Waals surface area contributed by atoms with Crippen LogP contribution in [0.15, 0.2) is 30.9 Å². The number of carbonyl (C=O) groups excluding carboxylic acids is 2. The molecule has 0 bridgehead atoms. The van der Waals surface area contributed by atoms with Crippen LogP contribution in [-0.2, 0) is 16.1 Å². The summed E-state index contributed by atoms with van der Waals surface area (Å²) in [7, 11) is 0. The van der Waals surface area contributed by atoms with Gasteiger partial charge in [0.15, 0.2) is 0 Å². The van der Waals surface area contributed by atoms with Crippen LogP contribution in [0.2, 0.25) is 5.02 Å². The van der Waals surface area contributed by atoms with E-state index >= 15 is 0 Å². The van der Waals surface area contributed by atoms with Crippen LogP contribution in [0.5, 0.6) is 0 Å². The van der Waals surface area contributed by atoms with Crippen molar-refractivity contribution in [2.75, 3.05) is 13.1 Å². The molecule has 124 valence electrons. The molecule has 1 heterocycles. The van der Waals surface area contributed by atoms with Crippen LogP contribution in [0, 0.1) is 5.82 Å². The summed E-state index contributed by atoms with van der Waals surface area (Å²) in [4.78, 5) is 27.3. The van der Waals surface area contributed by atoms with Gasteiger partial charge < -0.3 is 9.80 Å². The number of carbonyl (C=O) groups is 2. The Morgan fingerprint density at radius 3 is 2.91 bits per heavy atom. The lowest BCUT2D eigenvalue weighted by molar-refractivity contribution is -0.132. The summed E-state index contributed by atoms with van der Waals surface area (Å²) in [6.45, 7) is 6.50. The summed E-state index contributed by atoms with van der Waals surface area (Å²) in [5.74, 6) is -0.622. The highest BCUT2D eigenvalue weighted by atomic mass is 35.5. The first-order chi connectivity index (χ1) is 11.0. The lowest BCUT2D eigenvalue weighted by atomic mass is 10.1. The van der Waals surface area contributed by atoms with Gasteiger partial charge in [-0.2, -0.15) is 0 Å². The smallest absolute Gasteiger partial charge is 0.246 e. The number of nitrogens with zero attached hydrogens (tertiary/aromatic N) is 2. The number of likely N-dealkylation sites (tertiary alicyclic amines) is 1. The first-order valence-electron chi connectivity index (χ1n) is 7.61. The Morgan fingerprint density at radius 1 is 1.52 bits per heavy atom.